The van der Waals surface area contributed by atoms with Crippen LogP contribution in [0, 0.1) is 0 Å². The first-order valence-corrected chi connectivity index (χ1v) is 9.35. The summed E-state index contributed by atoms with van der Waals surface area (Å²) >= 11 is 1.52. The second-order valence-corrected chi connectivity index (χ2v) is 7.03. The van der Waals surface area contributed by atoms with Crippen LogP contribution in [0.5, 0.6) is 0 Å². The standard InChI is InChI=1S/C20H24N2O2S/c1-4-22(5-2)20(24)16-11-13-17(14-12-16)21-19(23)15(3)25-18-9-7-6-8-10-18/h6-15H,4-5H2,1-3H3,(H,21,23)/t15-/m1/s1. The van der Waals surface area contributed by atoms with E-state index in [9.17, 15) is 9.59 Å². The maximum Gasteiger partial charge on any atom is 0.253 e. The van der Waals surface area contributed by atoms with Crippen LogP contribution in [0.25, 0.3) is 0 Å². The molecule has 0 fully saturated rings. The number of nitrogens with zero attached hydrogens (tertiary/aromatic N) is 1. The Balaban J connectivity index is 1.96. The topological polar surface area (TPSA) is 49.4 Å². The van der Waals surface area contributed by atoms with Crippen molar-refractivity contribution in [1.82, 2.24) is 4.90 Å². The van der Waals surface area contributed by atoms with Gasteiger partial charge in [0.25, 0.3) is 5.91 Å². The molecule has 0 aliphatic carbocycles. The molecule has 2 aromatic carbocycles. The summed E-state index contributed by atoms with van der Waals surface area (Å²) in [4.78, 5) is 27.4. The normalized spacial score (nSPS) is 11.6. The summed E-state index contributed by atoms with van der Waals surface area (Å²) in [6.07, 6.45) is 0. The molecule has 2 aromatic rings. The van der Waals surface area contributed by atoms with Gasteiger partial charge in [-0.3, -0.25) is 9.59 Å². The molecule has 0 saturated carbocycles. The maximum absolute atomic E-state index is 12.3. The summed E-state index contributed by atoms with van der Waals surface area (Å²) in [7, 11) is 0. The summed E-state index contributed by atoms with van der Waals surface area (Å²) in [5.41, 5.74) is 1.33. The number of rotatable bonds is 7. The zero-order valence-electron chi connectivity index (χ0n) is 14.9. The van der Waals surface area contributed by atoms with Crippen molar-refractivity contribution in [3.8, 4) is 0 Å². The third-order valence-electron chi connectivity index (χ3n) is 3.88. The summed E-state index contributed by atoms with van der Waals surface area (Å²) in [5.74, 6) is -0.0486. The molecule has 1 atom stereocenters. The fourth-order valence-corrected chi connectivity index (χ4v) is 3.28. The second kappa shape index (κ2) is 9.28. The third kappa shape index (κ3) is 5.36. The number of thioether (sulfide) groups is 1. The van der Waals surface area contributed by atoms with Gasteiger partial charge in [0.1, 0.15) is 0 Å². The fourth-order valence-electron chi connectivity index (χ4n) is 2.39. The number of hydrogen-bond acceptors (Lipinski definition) is 3. The number of amides is 2. The molecule has 2 rings (SSSR count). The van der Waals surface area contributed by atoms with Gasteiger partial charge in [0.15, 0.2) is 0 Å². The Morgan fingerprint density at radius 3 is 2.16 bits per heavy atom. The molecule has 0 unspecified atom stereocenters. The Morgan fingerprint density at radius 2 is 1.60 bits per heavy atom. The van der Waals surface area contributed by atoms with Crippen LogP contribution in [-0.2, 0) is 4.79 Å². The average Bonchev–Trinajstić information content (AvgIpc) is 2.64. The van der Waals surface area contributed by atoms with E-state index in [1.54, 1.807) is 29.2 Å². The molecular weight excluding hydrogens is 332 g/mol. The predicted octanol–water partition coefficient (Wildman–Crippen LogP) is 4.29. The van der Waals surface area contributed by atoms with E-state index in [1.807, 2.05) is 51.1 Å². The molecule has 0 aliphatic heterocycles. The number of carbonyl (C=O) groups excluding carboxylic acids is 2. The first-order chi connectivity index (χ1) is 12.0. The van der Waals surface area contributed by atoms with Crippen LogP contribution < -0.4 is 5.32 Å². The minimum absolute atomic E-state index is 0.0101. The fraction of sp³-hybridized carbons (Fsp3) is 0.300. The molecule has 1 N–H and O–H groups in total. The number of carbonyl (C=O) groups is 2. The lowest BCUT2D eigenvalue weighted by molar-refractivity contribution is -0.115. The third-order valence-corrected chi connectivity index (χ3v) is 4.99. The highest BCUT2D eigenvalue weighted by Gasteiger charge is 2.15. The van der Waals surface area contributed by atoms with Gasteiger partial charge in [-0.25, -0.2) is 0 Å². The van der Waals surface area contributed by atoms with Gasteiger partial charge in [0.05, 0.1) is 5.25 Å². The van der Waals surface area contributed by atoms with Crippen LogP contribution in [0.15, 0.2) is 59.5 Å². The maximum atomic E-state index is 12.3. The highest BCUT2D eigenvalue weighted by atomic mass is 32.2. The Kier molecular flexibility index (Phi) is 7.07. The van der Waals surface area contributed by atoms with Crippen molar-refractivity contribution in [1.29, 1.82) is 0 Å². The van der Waals surface area contributed by atoms with Crippen LogP contribution >= 0.6 is 11.8 Å². The molecule has 0 spiro atoms. The smallest absolute Gasteiger partial charge is 0.253 e. The molecule has 0 aliphatic rings. The number of nitrogens with one attached hydrogen (secondary N) is 1. The Hall–Kier alpha value is -2.27. The Morgan fingerprint density at radius 1 is 1.00 bits per heavy atom. The molecule has 0 bridgehead atoms. The molecular formula is C20H24N2O2S. The SMILES string of the molecule is CCN(CC)C(=O)c1ccc(NC(=O)[C@@H](C)Sc2ccccc2)cc1. The van der Waals surface area contributed by atoms with Gasteiger partial charge in [-0.1, -0.05) is 18.2 Å². The van der Waals surface area contributed by atoms with Crippen molar-refractivity contribution in [2.24, 2.45) is 0 Å². The monoisotopic (exact) mass is 356 g/mol. The minimum atomic E-state index is -0.209. The van der Waals surface area contributed by atoms with Crippen molar-refractivity contribution < 1.29 is 9.59 Å². The van der Waals surface area contributed by atoms with Gasteiger partial charge in [-0.2, -0.15) is 0 Å². The van der Waals surface area contributed by atoms with Crippen molar-refractivity contribution in [2.75, 3.05) is 18.4 Å². The molecule has 0 aromatic heterocycles. The Bertz CT molecular complexity index is 697. The van der Waals surface area contributed by atoms with Gasteiger partial charge >= 0.3 is 0 Å². The first kappa shape index (κ1) is 19.1. The molecule has 5 heteroatoms. The van der Waals surface area contributed by atoms with Crippen LogP contribution in [0.2, 0.25) is 0 Å². The first-order valence-electron chi connectivity index (χ1n) is 8.47. The van der Waals surface area contributed by atoms with E-state index < -0.39 is 0 Å². The molecule has 0 radical (unpaired) electrons. The van der Waals surface area contributed by atoms with Gasteiger partial charge in [-0.15, -0.1) is 11.8 Å². The number of anilines is 1. The summed E-state index contributed by atoms with van der Waals surface area (Å²) in [6, 6.07) is 16.9. The summed E-state index contributed by atoms with van der Waals surface area (Å²) < 4.78 is 0. The highest BCUT2D eigenvalue weighted by Crippen LogP contribution is 2.23. The molecule has 2 amide bonds. The zero-order chi connectivity index (χ0) is 18.2. The van der Waals surface area contributed by atoms with Crippen molar-refractivity contribution >= 4 is 29.3 Å². The van der Waals surface area contributed by atoms with Gasteiger partial charge in [-0.05, 0) is 57.2 Å². The molecule has 132 valence electrons. The van der Waals surface area contributed by atoms with E-state index in [0.717, 1.165) is 4.90 Å². The van der Waals surface area contributed by atoms with E-state index >= 15 is 0 Å². The van der Waals surface area contributed by atoms with E-state index in [0.29, 0.717) is 24.3 Å². The van der Waals surface area contributed by atoms with Gasteiger partial charge < -0.3 is 10.2 Å². The van der Waals surface area contributed by atoms with Crippen LogP contribution in [0.1, 0.15) is 31.1 Å². The summed E-state index contributed by atoms with van der Waals surface area (Å²) in [5, 5.41) is 2.69. The molecule has 4 nitrogen and oxygen atoms in total. The van der Waals surface area contributed by atoms with E-state index in [2.05, 4.69) is 5.32 Å². The lowest BCUT2D eigenvalue weighted by atomic mass is 10.1. The van der Waals surface area contributed by atoms with E-state index in [4.69, 9.17) is 0 Å². The Labute approximate surface area is 153 Å². The largest absolute Gasteiger partial charge is 0.339 e. The predicted molar refractivity (Wildman–Crippen MR) is 104 cm³/mol. The van der Waals surface area contributed by atoms with E-state index in [1.165, 1.54) is 11.8 Å². The molecule has 0 saturated heterocycles. The van der Waals surface area contributed by atoms with Gasteiger partial charge in [0.2, 0.25) is 5.91 Å². The molecule has 25 heavy (non-hydrogen) atoms. The lowest BCUT2D eigenvalue weighted by Crippen LogP contribution is -2.30. The van der Waals surface area contributed by atoms with E-state index in [-0.39, 0.29) is 17.1 Å². The summed E-state index contributed by atoms with van der Waals surface area (Å²) in [6.45, 7) is 7.17. The minimum Gasteiger partial charge on any atom is -0.339 e. The number of benzene rings is 2. The lowest BCUT2D eigenvalue weighted by Gasteiger charge is -2.18. The van der Waals surface area contributed by atoms with Gasteiger partial charge in [0, 0.05) is 29.2 Å². The van der Waals surface area contributed by atoms with Crippen molar-refractivity contribution in [3.05, 3.63) is 60.2 Å². The highest BCUT2D eigenvalue weighted by molar-refractivity contribution is 8.00. The second-order valence-electron chi connectivity index (χ2n) is 5.62. The van der Waals surface area contributed by atoms with Crippen molar-refractivity contribution in [2.45, 2.75) is 30.9 Å². The zero-order valence-corrected chi connectivity index (χ0v) is 15.7. The number of hydrogen-bond donors (Lipinski definition) is 1. The van der Waals surface area contributed by atoms with Crippen LogP contribution in [0.4, 0.5) is 5.69 Å². The van der Waals surface area contributed by atoms with Crippen molar-refractivity contribution in [3.63, 3.8) is 0 Å². The van der Waals surface area contributed by atoms with Crippen LogP contribution in [-0.4, -0.2) is 35.1 Å². The molecule has 0 heterocycles. The van der Waals surface area contributed by atoms with Crippen LogP contribution in [0.3, 0.4) is 0 Å². The average molecular weight is 356 g/mol. The quantitative estimate of drug-likeness (QED) is 0.753.